The highest BCUT2D eigenvalue weighted by Crippen LogP contribution is 2.28. The smallest absolute Gasteiger partial charge is 0.318 e. The van der Waals surface area contributed by atoms with Crippen LogP contribution in [0.4, 0.5) is 4.79 Å². The van der Waals surface area contributed by atoms with Gasteiger partial charge in [-0.3, -0.25) is 4.79 Å². The molecular weight excluding hydrogens is 276 g/mol. The van der Waals surface area contributed by atoms with E-state index in [1.54, 1.807) is 16.7 Å². The molecular formula is C14H24N2O3S. The Bertz CT molecular complexity index is 369. The van der Waals surface area contributed by atoms with E-state index in [0.717, 1.165) is 37.2 Å². The number of hydrogen-bond donors (Lipinski definition) is 2. The summed E-state index contributed by atoms with van der Waals surface area (Å²) < 4.78 is 0. The molecule has 0 bridgehead atoms. The molecule has 0 radical (unpaired) electrons. The summed E-state index contributed by atoms with van der Waals surface area (Å²) in [5.41, 5.74) is -0.117. The largest absolute Gasteiger partial charge is 0.481 e. The fraction of sp³-hybridized carbons (Fsp3) is 0.857. The molecule has 2 rings (SSSR count). The zero-order valence-electron chi connectivity index (χ0n) is 12.1. The summed E-state index contributed by atoms with van der Waals surface area (Å²) in [5.74, 6) is 0.774. The third-order valence-electron chi connectivity index (χ3n) is 4.26. The van der Waals surface area contributed by atoms with Crippen molar-refractivity contribution in [2.75, 3.05) is 18.1 Å². The van der Waals surface area contributed by atoms with Gasteiger partial charge in [0.1, 0.15) is 0 Å². The van der Waals surface area contributed by atoms with Crippen molar-refractivity contribution in [1.29, 1.82) is 0 Å². The van der Waals surface area contributed by atoms with Gasteiger partial charge in [-0.25, -0.2) is 4.79 Å². The number of nitrogens with one attached hydrogen (secondary N) is 1. The van der Waals surface area contributed by atoms with Crippen molar-refractivity contribution in [3.8, 4) is 0 Å². The van der Waals surface area contributed by atoms with Gasteiger partial charge in [-0.2, -0.15) is 11.8 Å². The SMILES string of the molecule is CC1(NC(=O)N2CCSCC2CC(=O)O)CCCCC1. The first-order valence-electron chi connectivity index (χ1n) is 7.38. The first kappa shape index (κ1) is 15.5. The highest BCUT2D eigenvalue weighted by atomic mass is 32.2. The van der Waals surface area contributed by atoms with Crippen LogP contribution in [0.25, 0.3) is 0 Å². The van der Waals surface area contributed by atoms with Crippen LogP contribution in [0.1, 0.15) is 45.4 Å². The molecule has 2 aliphatic rings. The van der Waals surface area contributed by atoms with E-state index < -0.39 is 5.97 Å². The van der Waals surface area contributed by atoms with Crippen LogP contribution >= 0.6 is 11.8 Å². The van der Waals surface area contributed by atoms with Gasteiger partial charge < -0.3 is 15.3 Å². The Balaban J connectivity index is 1.96. The minimum absolute atomic E-state index is 0.0388. The third kappa shape index (κ3) is 4.04. The fourth-order valence-corrected chi connectivity index (χ4v) is 4.14. The maximum atomic E-state index is 12.5. The number of carbonyl (C=O) groups excluding carboxylic acids is 1. The zero-order valence-corrected chi connectivity index (χ0v) is 12.9. The average Bonchev–Trinajstić information content (AvgIpc) is 2.38. The number of nitrogens with zero attached hydrogens (tertiary/aromatic N) is 1. The van der Waals surface area contributed by atoms with Gasteiger partial charge in [0, 0.05) is 23.6 Å². The van der Waals surface area contributed by atoms with Gasteiger partial charge in [0.05, 0.1) is 12.5 Å². The second-order valence-corrected chi connectivity index (χ2v) is 7.22. The maximum absolute atomic E-state index is 12.5. The molecule has 1 heterocycles. The van der Waals surface area contributed by atoms with E-state index in [1.165, 1.54) is 6.42 Å². The van der Waals surface area contributed by atoms with E-state index in [4.69, 9.17) is 5.11 Å². The van der Waals surface area contributed by atoms with Gasteiger partial charge in [-0.15, -0.1) is 0 Å². The molecule has 2 fully saturated rings. The van der Waals surface area contributed by atoms with Crippen LogP contribution in [-0.4, -0.2) is 51.6 Å². The fourth-order valence-electron chi connectivity index (χ4n) is 3.08. The Labute approximate surface area is 124 Å². The van der Waals surface area contributed by atoms with E-state index >= 15 is 0 Å². The number of carboxylic acid groups (broad SMARTS) is 1. The van der Waals surface area contributed by atoms with E-state index in [2.05, 4.69) is 12.2 Å². The number of carbonyl (C=O) groups is 2. The number of urea groups is 1. The minimum Gasteiger partial charge on any atom is -0.481 e. The number of carboxylic acids is 1. The zero-order chi connectivity index (χ0) is 14.6. The van der Waals surface area contributed by atoms with E-state index in [1.807, 2.05) is 0 Å². The van der Waals surface area contributed by atoms with Crippen molar-refractivity contribution in [2.24, 2.45) is 0 Å². The Kier molecular flexibility index (Phi) is 5.18. The predicted octanol–water partition coefficient (Wildman–Crippen LogP) is 2.31. The highest BCUT2D eigenvalue weighted by molar-refractivity contribution is 7.99. The second-order valence-electron chi connectivity index (χ2n) is 6.07. The van der Waals surface area contributed by atoms with Crippen LogP contribution in [0.5, 0.6) is 0 Å². The normalized spacial score (nSPS) is 26.1. The van der Waals surface area contributed by atoms with Crippen LogP contribution in [0.3, 0.4) is 0 Å². The monoisotopic (exact) mass is 300 g/mol. The standard InChI is InChI=1S/C14H24N2O3S/c1-14(5-3-2-4-6-14)15-13(19)16-7-8-20-10-11(16)9-12(17)18/h11H,2-10H2,1H3,(H,15,19)(H,17,18). The third-order valence-corrected chi connectivity index (χ3v) is 5.36. The lowest BCUT2D eigenvalue weighted by molar-refractivity contribution is -0.138. The Morgan fingerprint density at radius 1 is 1.35 bits per heavy atom. The van der Waals surface area contributed by atoms with E-state index in [9.17, 15) is 9.59 Å². The van der Waals surface area contributed by atoms with Gasteiger partial charge in [0.15, 0.2) is 0 Å². The van der Waals surface area contributed by atoms with Crippen molar-refractivity contribution >= 4 is 23.8 Å². The average molecular weight is 300 g/mol. The summed E-state index contributed by atoms with van der Waals surface area (Å²) in [6, 6.07) is -0.264. The number of amides is 2. The van der Waals surface area contributed by atoms with Crippen molar-refractivity contribution < 1.29 is 14.7 Å². The lowest BCUT2D eigenvalue weighted by Gasteiger charge is -2.40. The Morgan fingerprint density at radius 2 is 2.05 bits per heavy atom. The molecule has 2 amide bonds. The van der Waals surface area contributed by atoms with Gasteiger partial charge in [0.2, 0.25) is 0 Å². The molecule has 1 aliphatic heterocycles. The van der Waals surface area contributed by atoms with Crippen molar-refractivity contribution in [3.63, 3.8) is 0 Å². The molecule has 1 saturated carbocycles. The maximum Gasteiger partial charge on any atom is 0.318 e. The topological polar surface area (TPSA) is 69.6 Å². The van der Waals surface area contributed by atoms with Crippen LogP contribution in [0.2, 0.25) is 0 Å². The number of aliphatic carboxylic acids is 1. The molecule has 114 valence electrons. The summed E-state index contributed by atoms with van der Waals surface area (Å²) in [5, 5.41) is 12.1. The molecule has 1 atom stereocenters. The van der Waals surface area contributed by atoms with Crippen LogP contribution in [0.15, 0.2) is 0 Å². The van der Waals surface area contributed by atoms with Crippen molar-refractivity contribution in [1.82, 2.24) is 10.2 Å². The van der Waals surface area contributed by atoms with Gasteiger partial charge in [-0.1, -0.05) is 19.3 Å². The Hall–Kier alpha value is -0.910. The Morgan fingerprint density at radius 3 is 2.70 bits per heavy atom. The van der Waals surface area contributed by atoms with Crippen LogP contribution in [-0.2, 0) is 4.79 Å². The molecule has 1 unspecified atom stereocenters. The summed E-state index contributed by atoms with van der Waals surface area (Å²) in [4.78, 5) is 25.1. The summed E-state index contributed by atoms with van der Waals surface area (Å²) >= 11 is 1.73. The predicted molar refractivity (Wildman–Crippen MR) is 80.1 cm³/mol. The minimum atomic E-state index is -0.834. The molecule has 1 aliphatic carbocycles. The van der Waals surface area contributed by atoms with Crippen molar-refractivity contribution in [3.05, 3.63) is 0 Å². The lowest BCUT2D eigenvalue weighted by atomic mass is 9.83. The molecule has 20 heavy (non-hydrogen) atoms. The number of hydrogen-bond acceptors (Lipinski definition) is 3. The van der Waals surface area contributed by atoms with Crippen LogP contribution in [0, 0.1) is 0 Å². The highest BCUT2D eigenvalue weighted by Gasteiger charge is 2.34. The molecule has 5 nitrogen and oxygen atoms in total. The molecule has 1 saturated heterocycles. The molecule has 0 spiro atoms. The molecule has 6 heteroatoms. The lowest BCUT2D eigenvalue weighted by Crippen LogP contribution is -2.57. The molecule has 0 aromatic carbocycles. The summed E-state index contributed by atoms with van der Waals surface area (Å²) in [6.45, 7) is 2.75. The van der Waals surface area contributed by atoms with Crippen LogP contribution < -0.4 is 5.32 Å². The first-order valence-corrected chi connectivity index (χ1v) is 8.54. The van der Waals surface area contributed by atoms with Crippen molar-refractivity contribution in [2.45, 2.75) is 57.0 Å². The molecule has 2 N–H and O–H groups in total. The van der Waals surface area contributed by atoms with Gasteiger partial charge >= 0.3 is 12.0 Å². The quantitative estimate of drug-likeness (QED) is 0.839. The first-order chi connectivity index (χ1) is 9.50. The summed E-state index contributed by atoms with van der Waals surface area (Å²) in [7, 11) is 0. The van der Waals surface area contributed by atoms with E-state index in [-0.39, 0.29) is 24.0 Å². The van der Waals surface area contributed by atoms with Gasteiger partial charge in [-0.05, 0) is 19.8 Å². The molecule has 0 aromatic rings. The van der Waals surface area contributed by atoms with Gasteiger partial charge in [0.25, 0.3) is 0 Å². The summed E-state index contributed by atoms with van der Waals surface area (Å²) in [6.07, 6.45) is 5.64. The number of rotatable bonds is 3. The molecule has 0 aromatic heterocycles. The number of thioether (sulfide) groups is 1. The van der Waals surface area contributed by atoms with E-state index in [0.29, 0.717) is 6.54 Å². The second kappa shape index (κ2) is 6.70.